The zero-order chi connectivity index (χ0) is 19.0. The number of ether oxygens (including phenoxy) is 1. The first-order valence-electron chi connectivity index (χ1n) is 8.60. The number of thioether (sulfide) groups is 1. The van der Waals surface area contributed by atoms with Gasteiger partial charge in [-0.2, -0.15) is 24.9 Å². The van der Waals surface area contributed by atoms with Crippen LogP contribution in [0.25, 0.3) is 0 Å². The Hall–Kier alpha value is -0.680. The van der Waals surface area contributed by atoms with E-state index in [-0.39, 0.29) is 24.0 Å². The zero-order valence-electron chi connectivity index (χ0n) is 15.6. The van der Waals surface area contributed by atoms with E-state index in [0.29, 0.717) is 44.1 Å². The Morgan fingerprint density at radius 2 is 1.96 bits per heavy atom. The normalized spacial score (nSPS) is 17.1. The van der Waals surface area contributed by atoms with Crippen molar-refractivity contribution in [2.75, 3.05) is 45.4 Å². The SMILES string of the molecule is CN=C(NCCSC)NCC1(c2cccc(C(F)(F)F)c2)CCOCC1.I. The first kappa shape index (κ1) is 24.4. The molecule has 4 nitrogen and oxygen atoms in total. The average Bonchev–Trinajstić information content (AvgIpc) is 2.65. The zero-order valence-corrected chi connectivity index (χ0v) is 18.7. The third-order valence-electron chi connectivity index (χ3n) is 4.67. The molecule has 1 saturated heterocycles. The van der Waals surface area contributed by atoms with Crippen LogP contribution in [0.2, 0.25) is 0 Å². The van der Waals surface area contributed by atoms with E-state index >= 15 is 0 Å². The number of rotatable bonds is 6. The number of hydrogen-bond donors (Lipinski definition) is 2. The van der Waals surface area contributed by atoms with Crippen molar-refractivity contribution in [1.29, 1.82) is 0 Å². The number of halogens is 4. The number of hydrogen-bond acceptors (Lipinski definition) is 3. The first-order chi connectivity index (χ1) is 12.4. The fourth-order valence-electron chi connectivity index (χ4n) is 3.10. The number of alkyl halides is 3. The van der Waals surface area contributed by atoms with Crippen LogP contribution in [0.4, 0.5) is 13.2 Å². The maximum atomic E-state index is 13.1. The maximum absolute atomic E-state index is 13.1. The van der Waals surface area contributed by atoms with Crippen LogP contribution in [-0.4, -0.2) is 51.3 Å². The number of benzene rings is 1. The van der Waals surface area contributed by atoms with E-state index in [0.717, 1.165) is 18.4 Å². The van der Waals surface area contributed by atoms with Crippen LogP contribution in [0.15, 0.2) is 29.3 Å². The van der Waals surface area contributed by atoms with E-state index in [2.05, 4.69) is 15.6 Å². The van der Waals surface area contributed by atoms with E-state index in [1.165, 1.54) is 12.1 Å². The largest absolute Gasteiger partial charge is 0.416 e. The van der Waals surface area contributed by atoms with Crippen LogP contribution in [0, 0.1) is 0 Å². The third-order valence-corrected chi connectivity index (χ3v) is 5.28. The van der Waals surface area contributed by atoms with Crippen LogP contribution in [-0.2, 0) is 16.3 Å². The van der Waals surface area contributed by atoms with E-state index < -0.39 is 17.2 Å². The fourth-order valence-corrected chi connectivity index (χ4v) is 3.41. The molecule has 2 N–H and O–H groups in total. The Bertz CT molecular complexity index is 608. The van der Waals surface area contributed by atoms with Gasteiger partial charge >= 0.3 is 6.18 Å². The monoisotopic (exact) mass is 517 g/mol. The molecule has 1 fully saturated rings. The van der Waals surface area contributed by atoms with E-state index in [1.807, 2.05) is 6.26 Å². The lowest BCUT2D eigenvalue weighted by molar-refractivity contribution is -0.137. The lowest BCUT2D eigenvalue weighted by Gasteiger charge is -2.38. The molecule has 1 aromatic carbocycles. The summed E-state index contributed by atoms with van der Waals surface area (Å²) in [6.07, 6.45) is -0.972. The predicted molar refractivity (Wildman–Crippen MR) is 116 cm³/mol. The number of guanidine groups is 1. The summed E-state index contributed by atoms with van der Waals surface area (Å²) in [4.78, 5) is 4.20. The fraction of sp³-hybridized carbons (Fsp3) is 0.611. The molecule has 0 aromatic heterocycles. The summed E-state index contributed by atoms with van der Waals surface area (Å²) in [6, 6.07) is 5.66. The number of nitrogens with one attached hydrogen (secondary N) is 2. The molecule has 0 aliphatic carbocycles. The standard InChI is InChI=1S/C18H26F3N3OS.HI/c1-22-16(23-8-11-26-2)24-13-17(6-9-25-10-7-17)14-4-3-5-15(12-14)18(19,20)21;/h3-5,12H,6-11,13H2,1-2H3,(H2,22,23,24);1H. The minimum atomic E-state index is -4.34. The summed E-state index contributed by atoms with van der Waals surface area (Å²) in [5.41, 5.74) is -0.317. The summed E-state index contributed by atoms with van der Waals surface area (Å²) in [7, 11) is 1.69. The van der Waals surface area contributed by atoms with Crippen molar-refractivity contribution < 1.29 is 17.9 Å². The molecule has 0 amide bonds. The second-order valence-electron chi connectivity index (χ2n) is 6.32. The molecule has 0 radical (unpaired) electrons. The third kappa shape index (κ3) is 7.01. The highest BCUT2D eigenvalue weighted by atomic mass is 127. The molecule has 9 heteroatoms. The van der Waals surface area contributed by atoms with Gasteiger partial charge < -0.3 is 15.4 Å². The highest BCUT2D eigenvalue weighted by molar-refractivity contribution is 14.0. The summed E-state index contributed by atoms with van der Waals surface area (Å²) in [6.45, 7) is 2.37. The van der Waals surface area contributed by atoms with Gasteiger partial charge in [0.25, 0.3) is 0 Å². The lowest BCUT2D eigenvalue weighted by Crippen LogP contribution is -2.48. The molecule has 0 saturated carbocycles. The van der Waals surface area contributed by atoms with Crippen molar-refractivity contribution in [3.63, 3.8) is 0 Å². The smallest absolute Gasteiger partial charge is 0.381 e. The Morgan fingerprint density at radius 1 is 1.26 bits per heavy atom. The van der Waals surface area contributed by atoms with Crippen molar-refractivity contribution in [2.24, 2.45) is 4.99 Å². The van der Waals surface area contributed by atoms with Gasteiger partial charge in [-0.15, -0.1) is 24.0 Å². The van der Waals surface area contributed by atoms with Gasteiger partial charge in [-0.25, -0.2) is 0 Å². The summed E-state index contributed by atoms with van der Waals surface area (Å²) >= 11 is 1.73. The number of aliphatic imine (C=N–C) groups is 1. The molecule has 0 atom stereocenters. The summed E-state index contributed by atoms with van der Waals surface area (Å²) in [5, 5.41) is 6.51. The summed E-state index contributed by atoms with van der Waals surface area (Å²) in [5.74, 6) is 1.62. The lowest BCUT2D eigenvalue weighted by atomic mass is 9.73. The molecular weight excluding hydrogens is 490 g/mol. The molecular formula is C18H27F3IN3OS. The highest BCUT2D eigenvalue weighted by Gasteiger charge is 2.37. The van der Waals surface area contributed by atoms with E-state index in [1.54, 1.807) is 24.9 Å². The maximum Gasteiger partial charge on any atom is 0.416 e. The van der Waals surface area contributed by atoms with Gasteiger partial charge in [-0.3, -0.25) is 4.99 Å². The highest BCUT2D eigenvalue weighted by Crippen LogP contribution is 2.37. The van der Waals surface area contributed by atoms with Crippen molar-refractivity contribution in [2.45, 2.75) is 24.4 Å². The minimum absolute atomic E-state index is 0. The van der Waals surface area contributed by atoms with Gasteiger partial charge in [-0.1, -0.05) is 18.2 Å². The van der Waals surface area contributed by atoms with Gasteiger partial charge in [0.15, 0.2) is 5.96 Å². The van der Waals surface area contributed by atoms with Crippen LogP contribution >= 0.6 is 35.7 Å². The van der Waals surface area contributed by atoms with Crippen molar-refractivity contribution >= 4 is 41.7 Å². The Morgan fingerprint density at radius 3 is 2.56 bits per heavy atom. The first-order valence-corrected chi connectivity index (χ1v) is 10.00. The second kappa shape index (κ2) is 11.4. The topological polar surface area (TPSA) is 45.7 Å². The van der Waals surface area contributed by atoms with Gasteiger partial charge in [0.1, 0.15) is 0 Å². The van der Waals surface area contributed by atoms with Crippen LogP contribution in [0.1, 0.15) is 24.0 Å². The Balaban J connectivity index is 0.00000364. The quantitative estimate of drug-likeness (QED) is 0.260. The molecule has 27 heavy (non-hydrogen) atoms. The Kier molecular flexibility index (Phi) is 10.2. The van der Waals surface area contributed by atoms with Gasteiger partial charge in [-0.05, 0) is 30.7 Å². The van der Waals surface area contributed by atoms with E-state index in [4.69, 9.17) is 4.74 Å². The second-order valence-corrected chi connectivity index (χ2v) is 7.30. The molecule has 0 bridgehead atoms. The molecule has 1 aliphatic rings. The molecule has 154 valence electrons. The minimum Gasteiger partial charge on any atom is -0.381 e. The molecule has 2 rings (SSSR count). The van der Waals surface area contributed by atoms with Crippen molar-refractivity contribution in [3.05, 3.63) is 35.4 Å². The van der Waals surface area contributed by atoms with Gasteiger partial charge in [0.2, 0.25) is 0 Å². The molecule has 0 unspecified atom stereocenters. The molecule has 1 aliphatic heterocycles. The van der Waals surface area contributed by atoms with Crippen molar-refractivity contribution in [1.82, 2.24) is 10.6 Å². The molecule has 0 spiro atoms. The molecule has 1 aromatic rings. The average molecular weight is 517 g/mol. The van der Waals surface area contributed by atoms with Crippen LogP contribution < -0.4 is 10.6 Å². The summed E-state index contributed by atoms with van der Waals surface area (Å²) < 4.78 is 44.8. The van der Waals surface area contributed by atoms with Gasteiger partial charge in [0, 0.05) is 44.5 Å². The Labute approximate surface area is 180 Å². The van der Waals surface area contributed by atoms with E-state index in [9.17, 15) is 13.2 Å². The predicted octanol–water partition coefficient (Wildman–Crippen LogP) is 3.90. The van der Waals surface area contributed by atoms with Crippen LogP contribution in [0.3, 0.4) is 0 Å². The van der Waals surface area contributed by atoms with Gasteiger partial charge in [0.05, 0.1) is 5.56 Å². The van der Waals surface area contributed by atoms with Crippen molar-refractivity contribution in [3.8, 4) is 0 Å². The molecule has 1 heterocycles. The van der Waals surface area contributed by atoms with Crippen LogP contribution in [0.5, 0.6) is 0 Å². The number of nitrogens with zero attached hydrogens (tertiary/aromatic N) is 1.